The Kier molecular flexibility index (Phi) is 5.43. The zero-order chi connectivity index (χ0) is 14.6. The van der Waals surface area contributed by atoms with Gasteiger partial charge in [0.05, 0.1) is 11.0 Å². The van der Waals surface area contributed by atoms with Crippen LogP contribution in [0, 0.1) is 0 Å². The van der Waals surface area contributed by atoms with E-state index in [4.69, 9.17) is 16.3 Å². The second-order valence-corrected chi connectivity index (χ2v) is 7.26. The van der Waals surface area contributed by atoms with Crippen LogP contribution in [0.1, 0.15) is 18.4 Å². The van der Waals surface area contributed by atoms with Crippen LogP contribution >= 0.6 is 11.6 Å². The molecule has 0 radical (unpaired) electrons. The number of rotatable bonds is 6. The molecule has 1 fully saturated rings. The Bertz CT molecular complexity index is 530. The smallest absolute Gasteiger partial charge is 0.243 e. The molecule has 6 heteroatoms. The van der Waals surface area contributed by atoms with E-state index in [1.165, 1.54) is 4.31 Å². The molecule has 1 atom stereocenters. The Morgan fingerprint density at radius 1 is 1.35 bits per heavy atom. The maximum Gasteiger partial charge on any atom is 0.243 e. The summed E-state index contributed by atoms with van der Waals surface area (Å²) in [5, 5.41) is 0. The van der Waals surface area contributed by atoms with Gasteiger partial charge in [0.1, 0.15) is 0 Å². The molecule has 1 aliphatic rings. The number of aryl methyl sites for hydroxylation is 1. The lowest BCUT2D eigenvalue weighted by atomic mass is 10.1. The van der Waals surface area contributed by atoms with E-state index in [0.717, 1.165) is 24.8 Å². The number of ether oxygens (including phenoxy) is 1. The number of hydrogen-bond donors (Lipinski definition) is 0. The van der Waals surface area contributed by atoms with Crippen LogP contribution in [0.2, 0.25) is 0 Å². The summed E-state index contributed by atoms with van der Waals surface area (Å²) < 4.78 is 31.7. The molecule has 1 unspecified atom stereocenters. The molecule has 0 spiro atoms. The first-order valence-corrected chi connectivity index (χ1v) is 8.73. The molecule has 0 aliphatic carbocycles. The predicted molar refractivity (Wildman–Crippen MR) is 79.7 cm³/mol. The van der Waals surface area contributed by atoms with Gasteiger partial charge >= 0.3 is 0 Å². The minimum Gasteiger partial charge on any atom is -0.380 e. The van der Waals surface area contributed by atoms with Crippen LogP contribution in [0.5, 0.6) is 0 Å². The molecule has 112 valence electrons. The van der Waals surface area contributed by atoms with E-state index in [-0.39, 0.29) is 6.10 Å². The largest absolute Gasteiger partial charge is 0.380 e. The van der Waals surface area contributed by atoms with Crippen LogP contribution in [0.3, 0.4) is 0 Å². The Morgan fingerprint density at radius 2 is 2.05 bits per heavy atom. The second kappa shape index (κ2) is 6.89. The molecule has 1 aromatic rings. The molecule has 1 saturated heterocycles. The minimum absolute atomic E-state index is 0.00719. The molecule has 1 heterocycles. The van der Waals surface area contributed by atoms with Crippen LogP contribution in [-0.2, 0) is 21.2 Å². The number of benzene rings is 1. The summed E-state index contributed by atoms with van der Waals surface area (Å²) in [7, 11) is -1.77. The Morgan fingerprint density at radius 3 is 2.60 bits per heavy atom. The fourth-order valence-electron chi connectivity index (χ4n) is 2.36. The molecular weight excluding hydrogens is 298 g/mol. The van der Waals surface area contributed by atoms with Gasteiger partial charge in [-0.15, -0.1) is 11.6 Å². The molecule has 0 N–H and O–H groups in total. The summed E-state index contributed by atoms with van der Waals surface area (Å²) in [4.78, 5) is 0.351. The van der Waals surface area contributed by atoms with Crippen LogP contribution in [0.25, 0.3) is 0 Å². The van der Waals surface area contributed by atoms with Gasteiger partial charge in [0.15, 0.2) is 0 Å². The van der Waals surface area contributed by atoms with Crippen molar-refractivity contribution in [2.45, 2.75) is 30.3 Å². The van der Waals surface area contributed by atoms with Gasteiger partial charge in [-0.3, -0.25) is 0 Å². The van der Waals surface area contributed by atoms with E-state index in [1.54, 1.807) is 19.2 Å². The van der Waals surface area contributed by atoms with Crippen molar-refractivity contribution in [3.05, 3.63) is 29.8 Å². The van der Waals surface area contributed by atoms with Crippen LogP contribution in [0.4, 0.5) is 0 Å². The second-order valence-electron chi connectivity index (χ2n) is 4.95. The van der Waals surface area contributed by atoms with Crippen molar-refractivity contribution in [2.75, 3.05) is 26.1 Å². The topological polar surface area (TPSA) is 46.6 Å². The summed E-state index contributed by atoms with van der Waals surface area (Å²) >= 11 is 5.65. The van der Waals surface area contributed by atoms with E-state index in [0.29, 0.717) is 23.9 Å². The quantitative estimate of drug-likeness (QED) is 0.756. The van der Waals surface area contributed by atoms with Crippen molar-refractivity contribution < 1.29 is 13.2 Å². The van der Waals surface area contributed by atoms with Crippen molar-refractivity contribution in [1.82, 2.24) is 4.31 Å². The van der Waals surface area contributed by atoms with Crippen LogP contribution in [0.15, 0.2) is 29.2 Å². The third-order valence-corrected chi connectivity index (χ3v) is 5.75. The number of sulfonamides is 1. The normalized spacial score (nSPS) is 20.4. The minimum atomic E-state index is -3.39. The van der Waals surface area contributed by atoms with E-state index in [1.807, 2.05) is 12.1 Å². The molecule has 0 aromatic heterocycles. The molecule has 0 amide bonds. The van der Waals surface area contributed by atoms with E-state index in [9.17, 15) is 8.42 Å². The fraction of sp³-hybridized carbons (Fsp3) is 0.571. The third kappa shape index (κ3) is 3.52. The molecule has 20 heavy (non-hydrogen) atoms. The van der Waals surface area contributed by atoms with Crippen LogP contribution < -0.4 is 0 Å². The maximum absolute atomic E-state index is 12.5. The van der Waals surface area contributed by atoms with Gasteiger partial charge in [-0.1, -0.05) is 12.1 Å². The molecule has 0 saturated carbocycles. The van der Waals surface area contributed by atoms with Gasteiger partial charge in [0, 0.05) is 26.1 Å². The molecular formula is C14H20ClNO3S. The number of alkyl halides is 1. The Balaban J connectivity index is 2.10. The zero-order valence-electron chi connectivity index (χ0n) is 11.6. The van der Waals surface area contributed by atoms with Gasteiger partial charge in [0.2, 0.25) is 10.0 Å². The van der Waals surface area contributed by atoms with E-state index >= 15 is 0 Å². The first-order valence-electron chi connectivity index (χ1n) is 6.76. The highest BCUT2D eigenvalue weighted by Crippen LogP contribution is 2.22. The highest BCUT2D eigenvalue weighted by atomic mass is 35.5. The van der Waals surface area contributed by atoms with Gasteiger partial charge in [-0.2, -0.15) is 4.31 Å². The van der Waals surface area contributed by atoms with Gasteiger partial charge < -0.3 is 4.74 Å². The first-order chi connectivity index (χ1) is 9.57. The van der Waals surface area contributed by atoms with E-state index in [2.05, 4.69) is 0 Å². The van der Waals surface area contributed by atoms with Crippen molar-refractivity contribution in [2.24, 2.45) is 0 Å². The lowest BCUT2D eigenvalue weighted by molar-refractivity contribution is 0.115. The SMILES string of the molecule is COC1CCN(S(=O)(=O)c2ccc(CCCCl)cc2)C1. The first kappa shape index (κ1) is 15.8. The summed E-state index contributed by atoms with van der Waals surface area (Å²) in [6.07, 6.45) is 2.53. The average molecular weight is 318 g/mol. The lowest BCUT2D eigenvalue weighted by Gasteiger charge is -2.16. The van der Waals surface area contributed by atoms with Crippen LogP contribution in [-0.4, -0.2) is 44.9 Å². The molecule has 2 rings (SSSR count). The summed E-state index contributed by atoms with van der Waals surface area (Å²) in [5.41, 5.74) is 1.11. The van der Waals surface area contributed by atoms with E-state index < -0.39 is 10.0 Å². The predicted octanol–water partition coefficient (Wildman–Crippen LogP) is 2.27. The molecule has 4 nitrogen and oxygen atoms in total. The van der Waals surface area contributed by atoms with Gasteiger partial charge in [0.25, 0.3) is 0 Å². The van der Waals surface area contributed by atoms with Gasteiger partial charge in [-0.05, 0) is 37.0 Å². The molecule has 1 aliphatic heterocycles. The molecule has 0 bridgehead atoms. The zero-order valence-corrected chi connectivity index (χ0v) is 13.2. The maximum atomic E-state index is 12.5. The van der Waals surface area contributed by atoms with Gasteiger partial charge in [-0.25, -0.2) is 8.42 Å². The standard InChI is InChI=1S/C14H20ClNO3S/c1-19-13-8-10-16(11-13)20(17,18)14-6-4-12(5-7-14)3-2-9-15/h4-7,13H,2-3,8-11H2,1H3. The summed E-state index contributed by atoms with van der Waals surface area (Å²) in [6, 6.07) is 7.09. The number of hydrogen-bond acceptors (Lipinski definition) is 3. The van der Waals surface area contributed by atoms with Crippen molar-refractivity contribution in [1.29, 1.82) is 0 Å². The average Bonchev–Trinajstić information content (AvgIpc) is 2.95. The summed E-state index contributed by atoms with van der Waals surface area (Å²) in [6.45, 7) is 0.960. The highest BCUT2D eigenvalue weighted by molar-refractivity contribution is 7.89. The fourth-order valence-corrected chi connectivity index (χ4v) is 3.98. The highest BCUT2D eigenvalue weighted by Gasteiger charge is 2.32. The monoisotopic (exact) mass is 317 g/mol. The van der Waals surface area contributed by atoms with Crippen molar-refractivity contribution in [3.63, 3.8) is 0 Å². The third-order valence-electron chi connectivity index (χ3n) is 3.60. The number of methoxy groups -OCH3 is 1. The lowest BCUT2D eigenvalue weighted by Crippen LogP contribution is -2.30. The van der Waals surface area contributed by atoms with Crippen molar-refractivity contribution >= 4 is 21.6 Å². The number of nitrogens with zero attached hydrogens (tertiary/aromatic N) is 1. The molecule has 1 aromatic carbocycles. The summed E-state index contributed by atoms with van der Waals surface area (Å²) in [5.74, 6) is 0.617. The van der Waals surface area contributed by atoms with Crippen molar-refractivity contribution in [3.8, 4) is 0 Å². The Labute approximate surface area is 125 Å². The Hall–Kier alpha value is -0.620. The number of halogens is 1.